The first-order chi connectivity index (χ1) is 21.1. The molecule has 1 atom stereocenters. The van der Waals surface area contributed by atoms with E-state index in [0.29, 0.717) is 22.1 Å². The van der Waals surface area contributed by atoms with Crippen molar-refractivity contribution in [2.24, 2.45) is 0 Å². The lowest BCUT2D eigenvalue weighted by molar-refractivity contribution is -0.140. The Labute approximate surface area is 265 Å². The van der Waals surface area contributed by atoms with E-state index in [1.165, 1.54) is 25.2 Å². The second-order valence-corrected chi connectivity index (χ2v) is 13.3. The molecule has 0 aromatic heterocycles. The largest absolute Gasteiger partial charge is 0.493 e. The second kappa shape index (κ2) is 15.3. The summed E-state index contributed by atoms with van der Waals surface area (Å²) < 4.78 is 37.9. The second-order valence-electron chi connectivity index (χ2n) is 11.0. The molecule has 0 heterocycles. The Kier molecular flexibility index (Phi) is 11.5. The number of carbonyl (C=O) groups is 2. The van der Waals surface area contributed by atoms with Crippen molar-refractivity contribution in [3.05, 3.63) is 88.9 Å². The minimum absolute atomic E-state index is 0.0115. The Balaban J connectivity index is 1.74. The maximum atomic E-state index is 14.3. The number of anilines is 1. The number of hydrogen-bond donors (Lipinski definition) is 1. The Morgan fingerprint density at radius 3 is 2.23 bits per heavy atom. The molecule has 1 fully saturated rings. The van der Waals surface area contributed by atoms with Gasteiger partial charge in [-0.15, -0.1) is 0 Å². The van der Waals surface area contributed by atoms with Crippen molar-refractivity contribution >= 4 is 39.1 Å². The van der Waals surface area contributed by atoms with Gasteiger partial charge in [-0.05, 0) is 42.2 Å². The van der Waals surface area contributed by atoms with Gasteiger partial charge >= 0.3 is 0 Å². The topological polar surface area (TPSA) is 105 Å². The molecule has 1 N–H and O–H groups in total. The summed E-state index contributed by atoms with van der Waals surface area (Å²) in [6.45, 7) is -0.529. The van der Waals surface area contributed by atoms with E-state index in [0.717, 1.165) is 48.2 Å². The van der Waals surface area contributed by atoms with Crippen LogP contribution in [0.2, 0.25) is 5.02 Å². The van der Waals surface area contributed by atoms with Crippen LogP contribution in [0.1, 0.15) is 43.2 Å². The standard InChI is InChI=1S/C33H40ClN3O6S/c1-42-30-19-18-27(21-31(30)43-2)37(44(3,40)41)23-32(38)36(22-25-14-10-11-17-28(25)34)29(20-24-12-6-4-7-13-24)33(39)35-26-15-8-5-9-16-26/h4,6-7,10-14,17-19,21,26,29H,5,8-9,15-16,20,22-23H2,1-3H3,(H,35,39). The summed E-state index contributed by atoms with van der Waals surface area (Å²) in [4.78, 5) is 29.8. The summed E-state index contributed by atoms with van der Waals surface area (Å²) in [7, 11) is -1.01. The molecule has 0 aliphatic heterocycles. The molecule has 0 radical (unpaired) electrons. The van der Waals surface area contributed by atoms with E-state index in [4.69, 9.17) is 21.1 Å². The van der Waals surface area contributed by atoms with Gasteiger partial charge in [-0.25, -0.2) is 8.42 Å². The maximum Gasteiger partial charge on any atom is 0.244 e. The molecule has 1 aliphatic carbocycles. The SMILES string of the molecule is COc1ccc(N(CC(=O)N(Cc2ccccc2Cl)C(Cc2ccccc2)C(=O)NC2CCCCC2)S(C)(=O)=O)cc1OC. The first-order valence-electron chi connectivity index (χ1n) is 14.7. The summed E-state index contributed by atoms with van der Waals surface area (Å²) in [6.07, 6.45) is 6.23. The van der Waals surface area contributed by atoms with E-state index >= 15 is 0 Å². The van der Waals surface area contributed by atoms with Crippen LogP contribution in [0, 0.1) is 0 Å². The molecule has 9 nitrogen and oxygen atoms in total. The molecule has 1 saturated carbocycles. The highest BCUT2D eigenvalue weighted by molar-refractivity contribution is 7.92. The quantitative estimate of drug-likeness (QED) is 0.275. The predicted molar refractivity (Wildman–Crippen MR) is 173 cm³/mol. The third-order valence-electron chi connectivity index (χ3n) is 7.86. The monoisotopic (exact) mass is 641 g/mol. The van der Waals surface area contributed by atoms with Crippen LogP contribution in [-0.4, -0.2) is 64.2 Å². The van der Waals surface area contributed by atoms with Crippen LogP contribution in [0.15, 0.2) is 72.8 Å². The molecular weight excluding hydrogens is 602 g/mol. The van der Waals surface area contributed by atoms with Crippen molar-refractivity contribution in [2.75, 3.05) is 31.3 Å². The number of amides is 2. The average Bonchev–Trinajstić information content (AvgIpc) is 3.02. The molecule has 1 unspecified atom stereocenters. The Hall–Kier alpha value is -3.76. The smallest absolute Gasteiger partial charge is 0.244 e. The van der Waals surface area contributed by atoms with Gasteiger partial charge in [0.2, 0.25) is 21.8 Å². The van der Waals surface area contributed by atoms with Crippen LogP contribution < -0.4 is 19.1 Å². The zero-order chi connectivity index (χ0) is 31.7. The van der Waals surface area contributed by atoms with Crippen molar-refractivity contribution in [2.45, 2.75) is 57.2 Å². The van der Waals surface area contributed by atoms with Crippen LogP contribution in [-0.2, 0) is 32.6 Å². The lowest BCUT2D eigenvalue weighted by atomic mass is 9.94. The molecule has 0 bridgehead atoms. The Morgan fingerprint density at radius 2 is 1.59 bits per heavy atom. The van der Waals surface area contributed by atoms with E-state index < -0.39 is 28.5 Å². The number of nitrogens with one attached hydrogen (secondary N) is 1. The molecule has 236 valence electrons. The lowest BCUT2D eigenvalue weighted by Crippen LogP contribution is -2.55. The van der Waals surface area contributed by atoms with Gasteiger partial charge in [-0.2, -0.15) is 0 Å². The molecule has 0 saturated heterocycles. The molecule has 2 amide bonds. The van der Waals surface area contributed by atoms with Crippen molar-refractivity contribution in [3.8, 4) is 11.5 Å². The fourth-order valence-corrected chi connectivity index (χ4v) is 6.54. The summed E-state index contributed by atoms with van der Waals surface area (Å²) in [5.74, 6) is -0.102. The molecule has 4 rings (SSSR count). The first-order valence-corrected chi connectivity index (χ1v) is 16.9. The first kappa shape index (κ1) is 33.1. The third kappa shape index (κ3) is 8.66. The van der Waals surface area contributed by atoms with Gasteiger partial charge < -0.3 is 19.7 Å². The van der Waals surface area contributed by atoms with Crippen LogP contribution in [0.4, 0.5) is 5.69 Å². The van der Waals surface area contributed by atoms with E-state index in [2.05, 4.69) is 5.32 Å². The normalized spacial score (nSPS) is 14.4. The Bertz CT molecular complexity index is 1530. The zero-order valence-electron chi connectivity index (χ0n) is 25.4. The fraction of sp³-hybridized carbons (Fsp3) is 0.394. The minimum atomic E-state index is -3.94. The van der Waals surface area contributed by atoms with Crippen molar-refractivity contribution in [3.63, 3.8) is 0 Å². The number of nitrogens with zero attached hydrogens (tertiary/aromatic N) is 2. The summed E-state index contributed by atoms with van der Waals surface area (Å²) >= 11 is 6.54. The minimum Gasteiger partial charge on any atom is -0.493 e. The number of hydrogen-bond acceptors (Lipinski definition) is 6. The number of rotatable bonds is 13. The molecular formula is C33H40ClN3O6S. The molecule has 1 aliphatic rings. The number of halogens is 1. The van der Waals surface area contributed by atoms with Gasteiger partial charge in [-0.3, -0.25) is 13.9 Å². The van der Waals surface area contributed by atoms with Gasteiger partial charge in [0.05, 0.1) is 26.2 Å². The number of methoxy groups -OCH3 is 2. The molecule has 0 spiro atoms. The summed E-state index contributed by atoms with van der Waals surface area (Å²) in [6, 6.07) is 20.3. The van der Waals surface area contributed by atoms with Crippen molar-refractivity contribution in [1.82, 2.24) is 10.2 Å². The third-order valence-corrected chi connectivity index (χ3v) is 9.36. The van der Waals surface area contributed by atoms with Crippen LogP contribution in [0.3, 0.4) is 0 Å². The number of ether oxygens (including phenoxy) is 2. The number of sulfonamides is 1. The van der Waals surface area contributed by atoms with E-state index in [9.17, 15) is 18.0 Å². The van der Waals surface area contributed by atoms with E-state index in [-0.39, 0.29) is 30.6 Å². The fourth-order valence-electron chi connectivity index (χ4n) is 5.50. The molecule has 3 aromatic carbocycles. The van der Waals surface area contributed by atoms with Crippen LogP contribution in [0.5, 0.6) is 11.5 Å². The average molecular weight is 642 g/mol. The highest BCUT2D eigenvalue weighted by Gasteiger charge is 2.34. The summed E-state index contributed by atoms with van der Waals surface area (Å²) in [5, 5.41) is 3.63. The van der Waals surface area contributed by atoms with Crippen molar-refractivity contribution in [1.29, 1.82) is 0 Å². The van der Waals surface area contributed by atoms with Gasteiger partial charge in [0, 0.05) is 30.1 Å². The predicted octanol–water partition coefficient (Wildman–Crippen LogP) is 5.21. The van der Waals surface area contributed by atoms with Crippen LogP contribution >= 0.6 is 11.6 Å². The van der Waals surface area contributed by atoms with Crippen molar-refractivity contribution < 1.29 is 27.5 Å². The Morgan fingerprint density at radius 1 is 0.932 bits per heavy atom. The highest BCUT2D eigenvalue weighted by atomic mass is 35.5. The van der Waals surface area contributed by atoms with Gasteiger partial charge in [-0.1, -0.05) is 79.4 Å². The lowest BCUT2D eigenvalue weighted by Gasteiger charge is -2.35. The molecule has 11 heteroatoms. The maximum absolute atomic E-state index is 14.3. The van der Waals surface area contributed by atoms with Crippen LogP contribution in [0.25, 0.3) is 0 Å². The number of carbonyl (C=O) groups excluding carboxylic acids is 2. The van der Waals surface area contributed by atoms with Gasteiger partial charge in [0.1, 0.15) is 12.6 Å². The summed E-state index contributed by atoms with van der Waals surface area (Å²) in [5.41, 5.74) is 1.73. The zero-order valence-corrected chi connectivity index (χ0v) is 26.9. The van der Waals surface area contributed by atoms with E-state index in [1.807, 2.05) is 36.4 Å². The molecule has 44 heavy (non-hydrogen) atoms. The van der Waals surface area contributed by atoms with E-state index in [1.54, 1.807) is 30.3 Å². The highest BCUT2D eigenvalue weighted by Crippen LogP contribution is 2.33. The molecule has 3 aromatic rings. The number of benzene rings is 3. The van der Waals surface area contributed by atoms with Gasteiger partial charge in [0.15, 0.2) is 11.5 Å². The van der Waals surface area contributed by atoms with Gasteiger partial charge in [0.25, 0.3) is 0 Å².